The fraction of sp³-hybridized carbons (Fsp3) is 0.833. The second-order valence-electron chi connectivity index (χ2n) is 2.54. The van der Waals surface area contributed by atoms with Crippen molar-refractivity contribution in [2.45, 2.75) is 23.6 Å². The number of aliphatic carboxylic acids is 1. The fourth-order valence-corrected chi connectivity index (χ4v) is 1.77. The van der Waals surface area contributed by atoms with Gasteiger partial charge in [-0.25, -0.2) is 0 Å². The van der Waals surface area contributed by atoms with Gasteiger partial charge in [0.1, 0.15) is 0 Å². The minimum Gasteiger partial charge on any atom is -0.481 e. The molecule has 2 nitrogen and oxygen atoms in total. The van der Waals surface area contributed by atoms with E-state index in [1.54, 1.807) is 0 Å². The van der Waals surface area contributed by atoms with Crippen LogP contribution in [-0.2, 0) is 4.79 Å². The number of alkyl halides is 2. The Morgan fingerprint density at radius 1 is 1.30 bits per heavy atom. The molecule has 0 spiro atoms. The quantitative estimate of drug-likeness (QED) is 0.628. The van der Waals surface area contributed by atoms with Crippen molar-refractivity contribution in [3.8, 4) is 0 Å². The summed E-state index contributed by atoms with van der Waals surface area (Å²) in [6.07, 6.45) is 1.01. The van der Waals surface area contributed by atoms with Crippen molar-refractivity contribution in [1.82, 2.24) is 0 Å². The molecular formula is C6H8Cl2O2. The first-order valence-corrected chi connectivity index (χ1v) is 3.99. The zero-order valence-electron chi connectivity index (χ0n) is 5.26. The van der Waals surface area contributed by atoms with E-state index in [0.717, 1.165) is 0 Å². The van der Waals surface area contributed by atoms with Gasteiger partial charge in [-0.3, -0.25) is 4.79 Å². The molecule has 58 valence electrons. The maximum atomic E-state index is 10.4. The van der Waals surface area contributed by atoms with Crippen molar-refractivity contribution in [3.63, 3.8) is 0 Å². The van der Waals surface area contributed by atoms with Gasteiger partial charge in [-0.15, -0.1) is 23.2 Å². The van der Waals surface area contributed by atoms with Crippen LogP contribution < -0.4 is 0 Å². The number of halogens is 2. The summed E-state index contributed by atoms with van der Waals surface area (Å²) in [5.41, 5.74) is 0. The molecule has 0 saturated heterocycles. The molecule has 10 heavy (non-hydrogen) atoms. The lowest BCUT2D eigenvalue weighted by atomic mass is 10.1. The Kier molecular flexibility index (Phi) is 2.42. The second kappa shape index (κ2) is 2.97. The van der Waals surface area contributed by atoms with Crippen LogP contribution in [0.1, 0.15) is 12.8 Å². The highest BCUT2D eigenvalue weighted by Crippen LogP contribution is 2.33. The Morgan fingerprint density at radius 3 is 1.90 bits per heavy atom. The molecule has 4 heteroatoms. The van der Waals surface area contributed by atoms with Crippen LogP contribution in [0.3, 0.4) is 0 Å². The molecule has 0 bridgehead atoms. The smallest absolute Gasteiger partial charge is 0.306 e. The van der Waals surface area contributed by atoms with Crippen molar-refractivity contribution in [3.05, 3.63) is 0 Å². The zero-order chi connectivity index (χ0) is 7.72. The first-order chi connectivity index (χ1) is 4.61. The van der Waals surface area contributed by atoms with E-state index < -0.39 is 5.97 Å². The van der Waals surface area contributed by atoms with E-state index in [0.29, 0.717) is 12.8 Å². The molecule has 0 aliphatic heterocycles. The van der Waals surface area contributed by atoms with Crippen LogP contribution in [0.5, 0.6) is 0 Å². The van der Waals surface area contributed by atoms with Gasteiger partial charge in [0, 0.05) is 0 Å². The van der Waals surface area contributed by atoms with Gasteiger partial charge in [-0.1, -0.05) is 0 Å². The summed E-state index contributed by atoms with van der Waals surface area (Å²) >= 11 is 11.4. The highest BCUT2D eigenvalue weighted by Gasteiger charge is 2.35. The Bertz CT molecular complexity index is 139. The number of hydrogen-bond donors (Lipinski definition) is 1. The number of hydrogen-bond acceptors (Lipinski definition) is 1. The van der Waals surface area contributed by atoms with E-state index in [2.05, 4.69) is 0 Å². The Hall–Kier alpha value is 0.0500. The highest BCUT2D eigenvalue weighted by atomic mass is 35.5. The first kappa shape index (κ1) is 8.15. The van der Waals surface area contributed by atoms with Gasteiger partial charge >= 0.3 is 5.97 Å². The average molecular weight is 183 g/mol. The van der Waals surface area contributed by atoms with Crippen LogP contribution in [0.15, 0.2) is 0 Å². The van der Waals surface area contributed by atoms with Gasteiger partial charge in [0.2, 0.25) is 0 Å². The Morgan fingerprint density at radius 2 is 1.70 bits per heavy atom. The molecule has 0 aromatic heterocycles. The molecule has 0 heterocycles. The van der Waals surface area contributed by atoms with E-state index in [-0.39, 0.29) is 16.7 Å². The van der Waals surface area contributed by atoms with E-state index in [9.17, 15) is 4.79 Å². The predicted octanol–water partition coefficient (Wildman–Crippen LogP) is 1.70. The lowest BCUT2D eigenvalue weighted by Crippen LogP contribution is -2.09. The molecule has 1 fully saturated rings. The van der Waals surface area contributed by atoms with Gasteiger partial charge in [0.05, 0.1) is 16.7 Å². The van der Waals surface area contributed by atoms with Crippen molar-refractivity contribution < 1.29 is 9.90 Å². The van der Waals surface area contributed by atoms with Gasteiger partial charge in [0.15, 0.2) is 0 Å². The van der Waals surface area contributed by atoms with E-state index >= 15 is 0 Å². The molecule has 1 aliphatic rings. The van der Waals surface area contributed by atoms with Crippen molar-refractivity contribution >= 4 is 29.2 Å². The van der Waals surface area contributed by atoms with Crippen molar-refractivity contribution in [2.24, 2.45) is 5.92 Å². The maximum absolute atomic E-state index is 10.4. The Labute approximate surface area is 69.1 Å². The standard InChI is InChI=1S/C6H8Cl2O2/c7-4-1-3(6(9)10)2-5(4)8/h3-5H,1-2H2,(H,9,10). The van der Waals surface area contributed by atoms with Crippen molar-refractivity contribution in [1.29, 1.82) is 0 Å². The number of carboxylic acid groups (broad SMARTS) is 1. The normalized spacial score (nSPS) is 40.0. The first-order valence-electron chi connectivity index (χ1n) is 3.12. The summed E-state index contributed by atoms with van der Waals surface area (Å²) in [6, 6.07) is 0. The molecule has 1 aliphatic carbocycles. The Balaban J connectivity index is 2.49. The molecule has 0 aromatic rings. The van der Waals surface area contributed by atoms with Gasteiger partial charge in [-0.2, -0.15) is 0 Å². The molecule has 0 amide bonds. The number of carbonyl (C=O) groups is 1. The van der Waals surface area contributed by atoms with Gasteiger partial charge in [0.25, 0.3) is 0 Å². The zero-order valence-corrected chi connectivity index (χ0v) is 6.77. The topological polar surface area (TPSA) is 37.3 Å². The van der Waals surface area contributed by atoms with E-state index in [4.69, 9.17) is 28.3 Å². The van der Waals surface area contributed by atoms with Crippen LogP contribution in [0.2, 0.25) is 0 Å². The molecule has 1 saturated carbocycles. The van der Waals surface area contributed by atoms with E-state index in [1.165, 1.54) is 0 Å². The molecule has 0 radical (unpaired) electrons. The second-order valence-corrected chi connectivity index (χ2v) is 3.66. The molecule has 2 unspecified atom stereocenters. The van der Waals surface area contributed by atoms with Crippen LogP contribution in [0.4, 0.5) is 0 Å². The van der Waals surface area contributed by atoms with Crippen LogP contribution >= 0.6 is 23.2 Å². The van der Waals surface area contributed by atoms with Gasteiger partial charge < -0.3 is 5.11 Å². The largest absolute Gasteiger partial charge is 0.481 e. The number of carboxylic acids is 1. The van der Waals surface area contributed by atoms with Crippen molar-refractivity contribution in [2.75, 3.05) is 0 Å². The minimum absolute atomic E-state index is 0.164. The van der Waals surface area contributed by atoms with Crippen LogP contribution in [0, 0.1) is 5.92 Å². The minimum atomic E-state index is -0.784. The molecule has 1 rings (SSSR count). The molecule has 0 aromatic carbocycles. The predicted molar refractivity (Wildman–Crippen MR) is 39.6 cm³/mol. The summed E-state index contributed by atoms with van der Waals surface area (Å²) in [7, 11) is 0. The number of rotatable bonds is 1. The SMILES string of the molecule is O=C(O)C1CC(Cl)C(Cl)C1. The molecule has 2 atom stereocenters. The van der Waals surface area contributed by atoms with Crippen LogP contribution in [-0.4, -0.2) is 21.8 Å². The highest BCUT2D eigenvalue weighted by molar-refractivity contribution is 6.30. The summed E-state index contributed by atoms with van der Waals surface area (Å²) in [5.74, 6) is -1.11. The third-order valence-corrected chi connectivity index (χ3v) is 2.85. The molecule has 1 N–H and O–H groups in total. The third-order valence-electron chi connectivity index (χ3n) is 1.76. The average Bonchev–Trinajstić information content (AvgIpc) is 2.13. The fourth-order valence-electron chi connectivity index (χ4n) is 1.14. The lowest BCUT2D eigenvalue weighted by Gasteiger charge is -1.99. The maximum Gasteiger partial charge on any atom is 0.306 e. The summed E-state index contributed by atoms with van der Waals surface area (Å²) in [6.45, 7) is 0. The lowest BCUT2D eigenvalue weighted by molar-refractivity contribution is -0.141. The summed E-state index contributed by atoms with van der Waals surface area (Å²) in [4.78, 5) is 10.4. The summed E-state index contributed by atoms with van der Waals surface area (Å²) < 4.78 is 0. The molecular weight excluding hydrogens is 175 g/mol. The van der Waals surface area contributed by atoms with Crippen LogP contribution in [0.25, 0.3) is 0 Å². The van der Waals surface area contributed by atoms with Gasteiger partial charge in [-0.05, 0) is 12.8 Å². The van der Waals surface area contributed by atoms with E-state index in [1.807, 2.05) is 0 Å². The third kappa shape index (κ3) is 1.55. The summed E-state index contributed by atoms with van der Waals surface area (Å²) in [5, 5.41) is 8.20. The monoisotopic (exact) mass is 182 g/mol.